The first-order valence-electron chi connectivity index (χ1n) is 6.38. The lowest BCUT2D eigenvalue weighted by molar-refractivity contribution is -0.123. The normalized spacial score (nSPS) is 28.2. The number of rotatable bonds is 4. The fourth-order valence-electron chi connectivity index (χ4n) is 2.82. The first-order valence-corrected chi connectivity index (χ1v) is 6.38. The van der Waals surface area contributed by atoms with E-state index in [-0.39, 0.29) is 24.0 Å². The Morgan fingerprint density at radius 3 is 2.69 bits per heavy atom. The number of aliphatic hydroxyl groups excluding tert-OH is 1. The SMILES string of the molecule is O=C(NCC1(CO)CCCC1)[C@H]1CCCN1. The van der Waals surface area contributed by atoms with Gasteiger partial charge >= 0.3 is 0 Å². The van der Waals surface area contributed by atoms with Crippen molar-refractivity contribution in [1.29, 1.82) is 0 Å². The topological polar surface area (TPSA) is 61.4 Å². The van der Waals surface area contributed by atoms with Crippen molar-refractivity contribution in [1.82, 2.24) is 10.6 Å². The Morgan fingerprint density at radius 1 is 1.38 bits per heavy atom. The predicted octanol–water partition coefficient (Wildman–Crippen LogP) is 0.407. The summed E-state index contributed by atoms with van der Waals surface area (Å²) in [7, 11) is 0. The number of hydrogen-bond acceptors (Lipinski definition) is 3. The second-order valence-corrected chi connectivity index (χ2v) is 5.23. The van der Waals surface area contributed by atoms with Crippen LogP contribution in [-0.4, -0.2) is 36.8 Å². The minimum absolute atomic E-state index is 0.00264. The van der Waals surface area contributed by atoms with Gasteiger partial charge in [-0.2, -0.15) is 0 Å². The van der Waals surface area contributed by atoms with Crippen molar-refractivity contribution in [2.45, 2.75) is 44.6 Å². The Hall–Kier alpha value is -0.610. The number of carbonyl (C=O) groups excluding carboxylic acids is 1. The summed E-state index contributed by atoms with van der Waals surface area (Å²) in [6, 6.07) is -0.00264. The number of carbonyl (C=O) groups is 1. The van der Waals surface area contributed by atoms with Crippen LogP contribution in [-0.2, 0) is 4.79 Å². The average molecular weight is 226 g/mol. The van der Waals surface area contributed by atoms with Gasteiger partial charge in [-0.1, -0.05) is 12.8 Å². The van der Waals surface area contributed by atoms with Crippen molar-refractivity contribution in [3.8, 4) is 0 Å². The van der Waals surface area contributed by atoms with Gasteiger partial charge in [0.25, 0.3) is 0 Å². The van der Waals surface area contributed by atoms with Crippen LogP contribution < -0.4 is 10.6 Å². The van der Waals surface area contributed by atoms with Crippen LogP contribution in [0.25, 0.3) is 0 Å². The Bertz CT molecular complexity index is 243. The third-order valence-electron chi connectivity index (χ3n) is 4.01. The number of hydrogen-bond donors (Lipinski definition) is 3. The summed E-state index contributed by atoms with van der Waals surface area (Å²) in [4.78, 5) is 11.8. The summed E-state index contributed by atoms with van der Waals surface area (Å²) < 4.78 is 0. The van der Waals surface area contributed by atoms with Crippen LogP contribution in [0.3, 0.4) is 0 Å². The van der Waals surface area contributed by atoms with Gasteiger partial charge in [0.15, 0.2) is 0 Å². The minimum atomic E-state index is -0.0335. The lowest BCUT2D eigenvalue weighted by atomic mass is 9.87. The second kappa shape index (κ2) is 5.15. The standard InChI is InChI=1S/C12H22N2O2/c15-9-12(5-1-2-6-12)8-14-11(16)10-4-3-7-13-10/h10,13,15H,1-9H2,(H,14,16)/t10-/m1/s1. The molecule has 1 saturated carbocycles. The van der Waals surface area contributed by atoms with Gasteiger partial charge in [0.2, 0.25) is 5.91 Å². The van der Waals surface area contributed by atoms with Crippen LogP contribution in [0.2, 0.25) is 0 Å². The fourth-order valence-corrected chi connectivity index (χ4v) is 2.82. The maximum absolute atomic E-state index is 11.8. The summed E-state index contributed by atoms with van der Waals surface area (Å²) in [6.07, 6.45) is 6.47. The van der Waals surface area contributed by atoms with E-state index in [1.165, 1.54) is 12.8 Å². The largest absolute Gasteiger partial charge is 0.396 e. The van der Waals surface area contributed by atoms with Gasteiger partial charge in [-0.3, -0.25) is 4.79 Å². The molecule has 0 aromatic rings. The van der Waals surface area contributed by atoms with E-state index in [0.717, 1.165) is 32.2 Å². The van der Waals surface area contributed by atoms with E-state index < -0.39 is 0 Å². The lowest BCUT2D eigenvalue weighted by Crippen LogP contribution is -2.45. The molecule has 16 heavy (non-hydrogen) atoms. The van der Waals surface area contributed by atoms with Crippen LogP contribution in [0, 0.1) is 5.41 Å². The third kappa shape index (κ3) is 2.55. The average Bonchev–Trinajstić information content (AvgIpc) is 2.98. The second-order valence-electron chi connectivity index (χ2n) is 5.23. The quantitative estimate of drug-likeness (QED) is 0.650. The van der Waals surface area contributed by atoms with E-state index >= 15 is 0 Å². The number of amides is 1. The molecule has 2 aliphatic rings. The van der Waals surface area contributed by atoms with Crippen molar-refractivity contribution >= 4 is 5.91 Å². The molecule has 0 spiro atoms. The smallest absolute Gasteiger partial charge is 0.237 e. The maximum Gasteiger partial charge on any atom is 0.237 e. The molecule has 0 radical (unpaired) electrons. The summed E-state index contributed by atoms with van der Waals surface area (Å²) in [5, 5.41) is 15.6. The van der Waals surface area contributed by atoms with E-state index in [4.69, 9.17) is 0 Å². The van der Waals surface area contributed by atoms with Gasteiger partial charge in [0.1, 0.15) is 0 Å². The highest BCUT2D eigenvalue weighted by molar-refractivity contribution is 5.82. The molecule has 4 nitrogen and oxygen atoms in total. The summed E-state index contributed by atoms with van der Waals surface area (Å²) >= 11 is 0. The zero-order valence-electron chi connectivity index (χ0n) is 9.80. The Labute approximate surface area is 96.8 Å². The van der Waals surface area contributed by atoms with E-state index in [2.05, 4.69) is 10.6 Å². The minimum Gasteiger partial charge on any atom is -0.396 e. The van der Waals surface area contributed by atoms with Crippen LogP contribution >= 0.6 is 0 Å². The number of aliphatic hydroxyl groups is 1. The lowest BCUT2D eigenvalue weighted by Gasteiger charge is -2.27. The third-order valence-corrected chi connectivity index (χ3v) is 4.01. The molecule has 1 aliphatic heterocycles. The van der Waals surface area contributed by atoms with Gasteiger partial charge in [0, 0.05) is 12.0 Å². The fraction of sp³-hybridized carbons (Fsp3) is 0.917. The van der Waals surface area contributed by atoms with E-state index in [1.54, 1.807) is 0 Å². The molecule has 0 aromatic carbocycles. The van der Waals surface area contributed by atoms with Crippen molar-refractivity contribution < 1.29 is 9.90 Å². The molecule has 3 N–H and O–H groups in total. The van der Waals surface area contributed by atoms with Crippen molar-refractivity contribution in [2.75, 3.05) is 19.7 Å². The first kappa shape index (κ1) is 11.9. The molecule has 0 aromatic heterocycles. The molecule has 4 heteroatoms. The van der Waals surface area contributed by atoms with E-state index in [9.17, 15) is 9.90 Å². The zero-order valence-corrected chi connectivity index (χ0v) is 9.80. The van der Waals surface area contributed by atoms with E-state index in [1.807, 2.05) is 0 Å². The maximum atomic E-state index is 11.8. The highest BCUT2D eigenvalue weighted by Crippen LogP contribution is 2.36. The van der Waals surface area contributed by atoms with Crippen molar-refractivity contribution in [3.63, 3.8) is 0 Å². The van der Waals surface area contributed by atoms with Gasteiger partial charge in [-0.15, -0.1) is 0 Å². The Kier molecular flexibility index (Phi) is 3.82. The molecule has 1 heterocycles. The number of nitrogens with one attached hydrogen (secondary N) is 2. The van der Waals surface area contributed by atoms with Crippen LogP contribution in [0.5, 0.6) is 0 Å². The Morgan fingerprint density at radius 2 is 2.12 bits per heavy atom. The van der Waals surface area contributed by atoms with Crippen LogP contribution in [0.1, 0.15) is 38.5 Å². The molecule has 2 fully saturated rings. The molecular weight excluding hydrogens is 204 g/mol. The molecule has 0 unspecified atom stereocenters. The highest BCUT2D eigenvalue weighted by atomic mass is 16.3. The van der Waals surface area contributed by atoms with Gasteiger partial charge in [-0.25, -0.2) is 0 Å². The molecule has 1 atom stereocenters. The zero-order chi connectivity index (χ0) is 11.4. The Balaban J connectivity index is 1.79. The summed E-state index contributed by atoms with van der Waals surface area (Å²) in [5.74, 6) is 0.109. The molecule has 0 bridgehead atoms. The molecular formula is C12H22N2O2. The summed E-state index contributed by atoms with van der Waals surface area (Å²) in [6.45, 7) is 1.79. The van der Waals surface area contributed by atoms with Crippen LogP contribution in [0.4, 0.5) is 0 Å². The molecule has 1 aliphatic carbocycles. The van der Waals surface area contributed by atoms with Crippen LogP contribution in [0.15, 0.2) is 0 Å². The van der Waals surface area contributed by atoms with Gasteiger partial charge in [0.05, 0.1) is 12.6 Å². The summed E-state index contributed by atoms with van der Waals surface area (Å²) in [5.41, 5.74) is -0.0335. The predicted molar refractivity (Wildman–Crippen MR) is 62.0 cm³/mol. The monoisotopic (exact) mass is 226 g/mol. The van der Waals surface area contributed by atoms with Crippen molar-refractivity contribution in [3.05, 3.63) is 0 Å². The first-order chi connectivity index (χ1) is 7.76. The molecule has 1 saturated heterocycles. The molecule has 1 amide bonds. The van der Waals surface area contributed by atoms with Gasteiger partial charge < -0.3 is 15.7 Å². The van der Waals surface area contributed by atoms with Crippen molar-refractivity contribution in [2.24, 2.45) is 5.41 Å². The van der Waals surface area contributed by atoms with Gasteiger partial charge in [-0.05, 0) is 32.2 Å². The highest BCUT2D eigenvalue weighted by Gasteiger charge is 2.34. The molecule has 2 rings (SSSR count). The molecule has 92 valence electrons. The van der Waals surface area contributed by atoms with E-state index in [0.29, 0.717) is 6.54 Å².